The largest absolute Gasteiger partial charge is 0.487 e. The molecule has 1 N–H and O–H groups in total. The van der Waals surface area contributed by atoms with E-state index in [9.17, 15) is 9.18 Å². The summed E-state index contributed by atoms with van der Waals surface area (Å²) in [6.07, 6.45) is 2.78. The van der Waals surface area contributed by atoms with Gasteiger partial charge in [-0.2, -0.15) is 0 Å². The Balaban J connectivity index is 1.41. The molecule has 0 amide bonds. The molecule has 1 heterocycles. The predicted molar refractivity (Wildman–Crippen MR) is 126 cm³/mol. The van der Waals surface area contributed by atoms with Crippen LogP contribution in [0.15, 0.2) is 91.3 Å². The van der Waals surface area contributed by atoms with E-state index in [1.807, 2.05) is 48.3 Å². The monoisotopic (exact) mass is 442 g/mol. The molecule has 0 unspecified atom stereocenters. The molecule has 1 aromatic heterocycles. The molecule has 0 bridgehead atoms. The number of ether oxygens (including phenoxy) is 1. The molecule has 0 radical (unpaired) electrons. The predicted octanol–water partition coefficient (Wildman–Crippen LogP) is 5.80. The van der Waals surface area contributed by atoms with Crippen molar-refractivity contribution in [3.63, 3.8) is 0 Å². The minimum atomic E-state index is -1.04. The Labute approximate surface area is 191 Å². The number of benzene rings is 3. The van der Waals surface area contributed by atoms with Gasteiger partial charge in [0.05, 0.1) is 11.8 Å². The van der Waals surface area contributed by atoms with Crippen LogP contribution in [0.4, 0.5) is 10.1 Å². The summed E-state index contributed by atoms with van der Waals surface area (Å²) in [6.45, 7) is 0.968. The van der Waals surface area contributed by atoms with Gasteiger partial charge in [-0.3, -0.25) is 4.98 Å². The van der Waals surface area contributed by atoms with Crippen LogP contribution >= 0.6 is 0 Å². The lowest BCUT2D eigenvalue weighted by Crippen LogP contribution is -2.16. The lowest BCUT2D eigenvalue weighted by Gasteiger charge is -2.20. The minimum absolute atomic E-state index is 0.0887. The highest BCUT2D eigenvalue weighted by Gasteiger charge is 2.07. The first-order valence-electron chi connectivity index (χ1n) is 10.4. The van der Waals surface area contributed by atoms with E-state index in [1.54, 1.807) is 6.07 Å². The number of anilines is 1. The van der Waals surface area contributed by atoms with E-state index in [4.69, 9.17) is 9.84 Å². The van der Waals surface area contributed by atoms with Crippen LogP contribution in [0.2, 0.25) is 0 Å². The Hall–Kier alpha value is -4.19. The SMILES string of the molecule is CN(Cc1cccc(-c2ccc(COc3cncc(C(=O)O)c3)cc2)c1)c1cccc(F)c1. The molecule has 166 valence electrons. The highest BCUT2D eigenvalue weighted by molar-refractivity contribution is 5.87. The molecule has 0 fully saturated rings. The Morgan fingerprint density at radius 2 is 1.73 bits per heavy atom. The van der Waals surface area contributed by atoms with Gasteiger partial charge in [-0.1, -0.05) is 48.5 Å². The quantitative estimate of drug-likeness (QED) is 0.374. The van der Waals surface area contributed by atoms with Crippen LogP contribution in [-0.2, 0) is 13.2 Å². The fourth-order valence-corrected chi connectivity index (χ4v) is 3.50. The van der Waals surface area contributed by atoms with Gasteiger partial charge in [0.25, 0.3) is 0 Å². The second-order valence-corrected chi connectivity index (χ2v) is 7.74. The number of carboxylic acids is 1. The third-order valence-corrected chi connectivity index (χ3v) is 5.25. The molecule has 0 saturated carbocycles. The molecular weight excluding hydrogens is 419 g/mol. The number of carboxylic acid groups (broad SMARTS) is 1. The van der Waals surface area contributed by atoms with Crippen molar-refractivity contribution in [3.05, 3.63) is 114 Å². The summed E-state index contributed by atoms with van der Waals surface area (Å²) in [6, 6.07) is 24.3. The summed E-state index contributed by atoms with van der Waals surface area (Å²) in [5, 5.41) is 9.06. The summed E-state index contributed by atoms with van der Waals surface area (Å²) in [7, 11) is 1.94. The standard InChI is InChI=1S/C27H23FN2O3/c1-30(25-7-3-6-24(28)14-25)17-20-4-2-5-22(12-20)21-10-8-19(9-11-21)18-33-26-13-23(27(31)32)15-29-16-26/h2-16H,17-18H2,1H3,(H,31,32). The number of aromatic nitrogens is 1. The minimum Gasteiger partial charge on any atom is -0.487 e. The molecule has 0 saturated heterocycles. The van der Waals surface area contributed by atoms with Gasteiger partial charge < -0.3 is 14.7 Å². The van der Waals surface area contributed by atoms with Crippen molar-refractivity contribution in [3.8, 4) is 16.9 Å². The Morgan fingerprint density at radius 3 is 2.48 bits per heavy atom. The van der Waals surface area contributed by atoms with E-state index in [0.717, 1.165) is 27.9 Å². The molecule has 4 aromatic rings. The molecule has 0 aliphatic heterocycles. The number of nitrogens with zero attached hydrogens (tertiary/aromatic N) is 2. The van der Waals surface area contributed by atoms with Crippen molar-refractivity contribution in [1.82, 2.24) is 4.98 Å². The molecule has 33 heavy (non-hydrogen) atoms. The van der Waals surface area contributed by atoms with Crippen LogP contribution in [0.3, 0.4) is 0 Å². The fourth-order valence-electron chi connectivity index (χ4n) is 3.50. The zero-order chi connectivity index (χ0) is 23.2. The molecule has 4 rings (SSSR count). The first-order chi connectivity index (χ1) is 16.0. The van der Waals surface area contributed by atoms with E-state index in [2.05, 4.69) is 23.2 Å². The van der Waals surface area contributed by atoms with E-state index in [1.165, 1.54) is 30.6 Å². The topological polar surface area (TPSA) is 62.7 Å². The number of rotatable bonds is 8. The van der Waals surface area contributed by atoms with Gasteiger partial charge in [-0.05, 0) is 52.6 Å². The van der Waals surface area contributed by atoms with E-state index in [-0.39, 0.29) is 11.4 Å². The highest BCUT2D eigenvalue weighted by Crippen LogP contribution is 2.24. The third-order valence-electron chi connectivity index (χ3n) is 5.25. The summed E-state index contributed by atoms with van der Waals surface area (Å²) in [5.41, 5.74) is 5.16. The van der Waals surface area contributed by atoms with Gasteiger partial charge >= 0.3 is 5.97 Å². The van der Waals surface area contributed by atoms with E-state index in [0.29, 0.717) is 18.9 Å². The van der Waals surface area contributed by atoms with Crippen molar-refractivity contribution in [2.75, 3.05) is 11.9 Å². The summed E-state index contributed by atoms with van der Waals surface area (Å²) in [4.78, 5) is 17.0. The lowest BCUT2D eigenvalue weighted by atomic mass is 10.0. The molecule has 3 aromatic carbocycles. The number of hydrogen-bond acceptors (Lipinski definition) is 4. The Morgan fingerprint density at radius 1 is 0.939 bits per heavy atom. The number of carbonyl (C=O) groups is 1. The Kier molecular flexibility index (Phi) is 6.64. The van der Waals surface area contributed by atoms with Crippen LogP contribution in [0.1, 0.15) is 21.5 Å². The second kappa shape index (κ2) is 9.96. The number of pyridine rings is 1. The van der Waals surface area contributed by atoms with Crippen LogP contribution < -0.4 is 9.64 Å². The maximum atomic E-state index is 13.5. The van der Waals surface area contributed by atoms with E-state index >= 15 is 0 Å². The molecule has 0 spiro atoms. The van der Waals surface area contributed by atoms with Crippen molar-refractivity contribution in [2.24, 2.45) is 0 Å². The lowest BCUT2D eigenvalue weighted by molar-refractivity contribution is 0.0696. The zero-order valence-electron chi connectivity index (χ0n) is 18.1. The number of hydrogen-bond donors (Lipinski definition) is 1. The number of aromatic carboxylic acids is 1. The molecule has 0 aliphatic carbocycles. The first-order valence-corrected chi connectivity index (χ1v) is 10.4. The second-order valence-electron chi connectivity index (χ2n) is 7.74. The average molecular weight is 442 g/mol. The van der Waals surface area contributed by atoms with E-state index < -0.39 is 5.97 Å². The molecule has 0 atom stereocenters. The molecule has 6 heteroatoms. The van der Waals surface area contributed by atoms with Crippen LogP contribution in [-0.4, -0.2) is 23.1 Å². The highest BCUT2D eigenvalue weighted by atomic mass is 19.1. The Bertz CT molecular complexity index is 1260. The van der Waals surface area contributed by atoms with Crippen molar-refractivity contribution in [1.29, 1.82) is 0 Å². The maximum absolute atomic E-state index is 13.5. The number of halogens is 1. The van der Waals surface area contributed by atoms with Gasteiger partial charge in [0.15, 0.2) is 0 Å². The third kappa shape index (κ3) is 5.74. The average Bonchev–Trinajstić information content (AvgIpc) is 2.83. The van der Waals surface area contributed by atoms with Gasteiger partial charge in [0.2, 0.25) is 0 Å². The van der Waals surface area contributed by atoms with Crippen molar-refractivity contribution >= 4 is 11.7 Å². The van der Waals surface area contributed by atoms with Gasteiger partial charge in [0, 0.05) is 25.5 Å². The van der Waals surface area contributed by atoms with Crippen LogP contribution in [0, 0.1) is 5.82 Å². The summed E-state index contributed by atoms with van der Waals surface area (Å²) in [5.74, 6) is -0.876. The van der Waals surface area contributed by atoms with Crippen molar-refractivity contribution < 1.29 is 19.0 Å². The van der Waals surface area contributed by atoms with Gasteiger partial charge in [-0.15, -0.1) is 0 Å². The van der Waals surface area contributed by atoms with Crippen LogP contribution in [0.5, 0.6) is 5.75 Å². The zero-order valence-corrected chi connectivity index (χ0v) is 18.1. The van der Waals surface area contributed by atoms with Gasteiger partial charge in [-0.25, -0.2) is 9.18 Å². The summed E-state index contributed by atoms with van der Waals surface area (Å²) < 4.78 is 19.2. The molecule has 5 nitrogen and oxygen atoms in total. The first kappa shape index (κ1) is 22.0. The van der Waals surface area contributed by atoms with Crippen LogP contribution in [0.25, 0.3) is 11.1 Å². The fraction of sp³-hybridized carbons (Fsp3) is 0.111. The molecule has 0 aliphatic rings. The smallest absolute Gasteiger partial charge is 0.337 e. The normalized spacial score (nSPS) is 10.6. The maximum Gasteiger partial charge on any atom is 0.337 e. The van der Waals surface area contributed by atoms with Gasteiger partial charge in [0.1, 0.15) is 18.2 Å². The van der Waals surface area contributed by atoms with Crippen molar-refractivity contribution in [2.45, 2.75) is 13.2 Å². The summed E-state index contributed by atoms with van der Waals surface area (Å²) >= 11 is 0. The molecular formula is C27H23FN2O3.